The number of allylic oxidation sites excluding steroid dienone is 3. The zero-order chi connectivity index (χ0) is 7.49. The summed E-state index contributed by atoms with van der Waals surface area (Å²) in [6.45, 7) is 4.33. The molecule has 0 aromatic carbocycles. The first-order chi connectivity index (χ1) is 4.02. The molecule has 0 aliphatic heterocycles. The zero-order valence-corrected chi connectivity index (χ0v) is 5.00. The lowest BCUT2D eigenvalue weighted by atomic mass is 10.2. The van der Waals surface area contributed by atoms with Crippen molar-refractivity contribution in [2.75, 3.05) is 0 Å². The van der Waals surface area contributed by atoms with E-state index in [1.54, 1.807) is 0 Å². The van der Waals surface area contributed by atoms with Gasteiger partial charge in [-0.15, -0.1) is 0 Å². The molecule has 0 atom stereocenters. The molecule has 0 bridgehead atoms. The minimum absolute atomic E-state index is 0.692. The molecular weight excluding hydrogens is 129 g/mol. The molecule has 3 heteroatoms. The summed E-state index contributed by atoms with van der Waals surface area (Å²) in [5.74, 6) is 0. The number of hydrogen-bond acceptors (Lipinski definition) is 0. The second-order valence-electron chi connectivity index (χ2n) is 1.45. The molecule has 0 aromatic rings. The van der Waals surface area contributed by atoms with E-state index in [9.17, 15) is 13.2 Å². The molecule has 0 heterocycles. The average molecular weight is 136 g/mol. The molecule has 0 N–H and O–H groups in total. The van der Waals surface area contributed by atoms with E-state index in [-0.39, 0.29) is 0 Å². The summed E-state index contributed by atoms with van der Waals surface area (Å²) in [5.41, 5.74) is -0.692. The summed E-state index contributed by atoms with van der Waals surface area (Å²) in [6.07, 6.45) is -2.47. The van der Waals surface area contributed by atoms with Crippen molar-refractivity contribution < 1.29 is 13.2 Å². The predicted molar refractivity (Wildman–Crippen MR) is 30.0 cm³/mol. The first kappa shape index (κ1) is 8.27. The number of alkyl halides is 3. The van der Waals surface area contributed by atoms with Gasteiger partial charge in [0.1, 0.15) is 0 Å². The monoisotopic (exact) mass is 136 g/mol. The number of halogens is 3. The Bertz CT molecular complexity index is 130. The van der Waals surface area contributed by atoms with Crippen molar-refractivity contribution in [1.29, 1.82) is 0 Å². The van der Waals surface area contributed by atoms with Crippen LogP contribution >= 0.6 is 0 Å². The van der Waals surface area contributed by atoms with E-state index in [1.807, 2.05) is 0 Å². The van der Waals surface area contributed by atoms with E-state index >= 15 is 0 Å². The molecule has 9 heavy (non-hydrogen) atoms. The minimum atomic E-state index is -4.24. The van der Waals surface area contributed by atoms with E-state index in [1.165, 1.54) is 6.92 Å². The summed E-state index contributed by atoms with van der Waals surface area (Å²) in [4.78, 5) is 0. The Morgan fingerprint density at radius 1 is 1.44 bits per heavy atom. The van der Waals surface area contributed by atoms with Gasteiger partial charge in [0.05, 0.1) is 5.57 Å². The Balaban J connectivity index is 4.32. The molecule has 0 nitrogen and oxygen atoms in total. The van der Waals surface area contributed by atoms with Gasteiger partial charge in [-0.1, -0.05) is 18.7 Å². The van der Waals surface area contributed by atoms with Crippen molar-refractivity contribution in [3.63, 3.8) is 0 Å². The van der Waals surface area contributed by atoms with Crippen LogP contribution in [0.5, 0.6) is 0 Å². The predicted octanol–water partition coefficient (Wildman–Crippen LogP) is 2.68. The molecule has 0 radical (unpaired) electrons. The lowest BCUT2D eigenvalue weighted by Gasteiger charge is -2.04. The van der Waals surface area contributed by atoms with E-state index in [2.05, 4.69) is 6.58 Å². The molecular formula is C6H7F3. The van der Waals surface area contributed by atoms with Crippen LogP contribution in [0, 0.1) is 0 Å². The largest absolute Gasteiger partial charge is 0.416 e. The quantitative estimate of drug-likeness (QED) is 0.486. The van der Waals surface area contributed by atoms with Crippen molar-refractivity contribution in [3.05, 3.63) is 24.3 Å². The highest BCUT2D eigenvalue weighted by Crippen LogP contribution is 2.25. The molecule has 0 spiro atoms. The molecule has 0 aliphatic carbocycles. The summed E-state index contributed by atoms with van der Waals surface area (Å²) in [5, 5.41) is 0. The van der Waals surface area contributed by atoms with Crippen molar-refractivity contribution in [2.45, 2.75) is 13.1 Å². The molecule has 0 unspecified atom stereocenters. The highest BCUT2D eigenvalue weighted by molar-refractivity contribution is 5.20. The molecule has 0 aromatic heterocycles. The van der Waals surface area contributed by atoms with Gasteiger partial charge in [0, 0.05) is 0 Å². The van der Waals surface area contributed by atoms with Crippen molar-refractivity contribution in [2.24, 2.45) is 0 Å². The van der Waals surface area contributed by atoms with Gasteiger partial charge in [-0.25, -0.2) is 0 Å². The zero-order valence-electron chi connectivity index (χ0n) is 5.00. The van der Waals surface area contributed by atoms with Crippen LogP contribution in [0.15, 0.2) is 24.3 Å². The van der Waals surface area contributed by atoms with Crippen LogP contribution in [-0.2, 0) is 0 Å². The molecule has 0 rings (SSSR count). The lowest BCUT2D eigenvalue weighted by Crippen LogP contribution is -2.08. The van der Waals surface area contributed by atoms with Crippen molar-refractivity contribution >= 4 is 0 Å². The van der Waals surface area contributed by atoms with E-state index < -0.39 is 11.7 Å². The van der Waals surface area contributed by atoms with Crippen molar-refractivity contribution in [3.8, 4) is 0 Å². The third kappa shape index (κ3) is 2.35. The third-order valence-electron chi connectivity index (χ3n) is 0.858. The summed E-state index contributed by atoms with van der Waals surface area (Å²) >= 11 is 0. The first-order valence-corrected chi connectivity index (χ1v) is 2.38. The maximum atomic E-state index is 11.6. The van der Waals surface area contributed by atoms with Crippen LogP contribution in [0.2, 0.25) is 0 Å². The smallest absolute Gasteiger partial charge is 0.166 e. The summed E-state index contributed by atoms with van der Waals surface area (Å²) < 4.78 is 34.7. The molecule has 52 valence electrons. The van der Waals surface area contributed by atoms with Gasteiger partial charge in [-0.05, 0) is 6.92 Å². The van der Waals surface area contributed by atoms with Gasteiger partial charge in [-0.2, -0.15) is 13.2 Å². The van der Waals surface area contributed by atoms with E-state index in [4.69, 9.17) is 0 Å². The van der Waals surface area contributed by atoms with Gasteiger partial charge >= 0.3 is 6.18 Å². The molecule has 0 fully saturated rings. The third-order valence-corrected chi connectivity index (χ3v) is 0.858. The van der Waals surface area contributed by atoms with Gasteiger partial charge < -0.3 is 0 Å². The Labute approximate surface area is 51.7 Å². The SMILES string of the molecule is C=C/C(=C\C)C(F)(F)F. The Kier molecular flexibility index (Phi) is 2.49. The molecule has 0 amide bonds. The minimum Gasteiger partial charge on any atom is -0.166 e. The van der Waals surface area contributed by atoms with Crippen LogP contribution in [0.1, 0.15) is 6.92 Å². The Hall–Kier alpha value is -0.730. The Morgan fingerprint density at radius 2 is 1.89 bits per heavy atom. The summed E-state index contributed by atoms with van der Waals surface area (Å²) in [6, 6.07) is 0. The Morgan fingerprint density at radius 3 is 1.89 bits per heavy atom. The fourth-order valence-electron chi connectivity index (χ4n) is 0.397. The number of rotatable bonds is 1. The van der Waals surface area contributed by atoms with Gasteiger partial charge in [0.15, 0.2) is 0 Å². The highest BCUT2D eigenvalue weighted by Gasteiger charge is 2.30. The first-order valence-electron chi connectivity index (χ1n) is 2.38. The van der Waals surface area contributed by atoms with E-state index in [0.29, 0.717) is 0 Å². The topological polar surface area (TPSA) is 0 Å². The normalized spacial score (nSPS) is 13.6. The average Bonchev–Trinajstić information content (AvgIpc) is 1.65. The van der Waals surface area contributed by atoms with Gasteiger partial charge in [0.2, 0.25) is 0 Å². The van der Waals surface area contributed by atoms with Crippen LogP contribution in [-0.4, -0.2) is 6.18 Å². The molecule has 0 aliphatic rings. The number of hydrogen-bond donors (Lipinski definition) is 0. The standard InChI is InChI=1S/C6H7F3/c1-3-5(4-2)6(7,8)9/h3-4H,1H2,2H3/b5-4+. The fraction of sp³-hybridized carbons (Fsp3) is 0.333. The van der Waals surface area contributed by atoms with Gasteiger partial charge in [0.25, 0.3) is 0 Å². The van der Waals surface area contributed by atoms with Crippen LogP contribution in [0.3, 0.4) is 0 Å². The maximum absolute atomic E-state index is 11.6. The van der Waals surface area contributed by atoms with Crippen LogP contribution < -0.4 is 0 Å². The second-order valence-corrected chi connectivity index (χ2v) is 1.45. The molecule has 0 saturated carbocycles. The molecule has 0 saturated heterocycles. The van der Waals surface area contributed by atoms with Crippen LogP contribution in [0.25, 0.3) is 0 Å². The van der Waals surface area contributed by atoms with Gasteiger partial charge in [-0.3, -0.25) is 0 Å². The fourth-order valence-corrected chi connectivity index (χ4v) is 0.397. The second kappa shape index (κ2) is 2.71. The highest BCUT2D eigenvalue weighted by atomic mass is 19.4. The van der Waals surface area contributed by atoms with E-state index in [0.717, 1.165) is 12.2 Å². The summed E-state index contributed by atoms with van der Waals surface area (Å²) in [7, 11) is 0. The lowest BCUT2D eigenvalue weighted by molar-refractivity contribution is -0.0882. The maximum Gasteiger partial charge on any atom is 0.416 e. The van der Waals surface area contributed by atoms with Crippen LogP contribution in [0.4, 0.5) is 13.2 Å². The van der Waals surface area contributed by atoms with Crippen molar-refractivity contribution in [1.82, 2.24) is 0 Å².